The van der Waals surface area contributed by atoms with Crippen LogP contribution in [0, 0.1) is 23.1 Å². The van der Waals surface area contributed by atoms with Gasteiger partial charge in [0.25, 0.3) is 11.8 Å². The van der Waals surface area contributed by atoms with Gasteiger partial charge in [-0.3, -0.25) is 19.4 Å². The summed E-state index contributed by atoms with van der Waals surface area (Å²) in [5.74, 6) is -2.06. The molecular formula is C22H21FN4O5. The van der Waals surface area contributed by atoms with Gasteiger partial charge in [-0.2, -0.15) is 0 Å². The summed E-state index contributed by atoms with van der Waals surface area (Å²) in [6, 6.07) is 4.68. The van der Waals surface area contributed by atoms with Crippen LogP contribution in [0.4, 0.5) is 10.1 Å². The molecule has 2 fully saturated rings. The molecule has 2 aromatic rings. The van der Waals surface area contributed by atoms with Crippen molar-refractivity contribution < 1.29 is 28.2 Å². The number of ether oxygens (including phenoxy) is 2. The summed E-state index contributed by atoms with van der Waals surface area (Å²) in [4.78, 5) is 43.5. The van der Waals surface area contributed by atoms with Crippen molar-refractivity contribution in [2.24, 2.45) is 23.0 Å². The Morgan fingerprint density at radius 3 is 2.72 bits per heavy atom. The first-order valence-electron chi connectivity index (χ1n) is 10.2. The Kier molecular flexibility index (Phi) is 4.37. The Balaban J connectivity index is 1.44. The summed E-state index contributed by atoms with van der Waals surface area (Å²) in [5, 5.41) is 2.78. The highest BCUT2D eigenvalue weighted by Crippen LogP contribution is 2.65. The normalized spacial score (nSPS) is 24.1. The molecule has 3 amide bonds. The van der Waals surface area contributed by atoms with Crippen molar-refractivity contribution in [3.05, 3.63) is 47.5 Å². The summed E-state index contributed by atoms with van der Waals surface area (Å²) >= 11 is 0. The Morgan fingerprint density at radius 2 is 1.97 bits per heavy atom. The van der Waals surface area contributed by atoms with E-state index in [1.54, 1.807) is 6.07 Å². The van der Waals surface area contributed by atoms with Gasteiger partial charge in [0.05, 0.1) is 5.56 Å². The van der Waals surface area contributed by atoms with Gasteiger partial charge in [0.1, 0.15) is 11.7 Å². The number of nitrogens with zero attached hydrogens (tertiary/aromatic N) is 2. The lowest BCUT2D eigenvalue weighted by Gasteiger charge is -2.30. The molecule has 3 N–H and O–H groups in total. The van der Waals surface area contributed by atoms with Crippen molar-refractivity contribution >= 4 is 23.4 Å². The molecule has 32 heavy (non-hydrogen) atoms. The zero-order valence-electron chi connectivity index (χ0n) is 17.4. The number of primary amides is 1. The Hall–Kier alpha value is -3.69. The van der Waals surface area contributed by atoms with E-state index >= 15 is 0 Å². The maximum atomic E-state index is 14.0. The van der Waals surface area contributed by atoms with Crippen molar-refractivity contribution in [1.29, 1.82) is 0 Å². The largest absolute Gasteiger partial charge is 0.453 e. The van der Waals surface area contributed by atoms with Crippen molar-refractivity contribution in [1.82, 2.24) is 9.88 Å². The van der Waals surface area contributed by atoms with Gasteiger partial charge in [0.2, 0.25) is 18.4 Å². The zero-order valence-corrected chi connectivity index (χ0v) is 17.4. The topological polar surface area (TPSA) is 124 Å². The summed E-state index contributed by atoms with van der Waals surface area (Å²) in [6.07, 6.45) is 1.37. The van der Waals surface area contributed by atoms with E-state index in [-0.39, 0.29) is 52.7 Å². The van der Waals surface area contributed by atoms with E-state index in [0.717, 1.165) is 6.07 Å². The molecule has 3 atom stereocenters. The highest BCUT2D eigenvalue weighted by atomic mass is 19.1. The second kappa shape index (κ2) is 6.91. The number of benzene rings is 1. The van der Waals surface area contributed by atoms with Crippen LogP contribution in [0.15, 0.2) is 30.5 Å². The van der Waals surface area contributed by atoms with Crippen LogP contribution in [0.2, 0.25) is 0 Å². The zero-order chi connectivity index (χ0) is 22.8. The van der Waals surface area contributed by atoms with Gasteiger partial charge >= 0.3 is 0 Å². The van der Waals surface area contributed by atoms with Crippen LogP contribution >= 0.6 is 0 Å². The molecule has 0 bridgehead atoms. The predicted molar refractivity (Wildman–Crippen MR) is 109 cm³/mol. The van der Waals surface area contributed by atoms with Crippen LogP contribution in [0.25, 0.3) is 0 Å². The number of nitrogens with two attached hydrogens (primary N) is 1. The fourth-order valence-electron chi connectivity index (χ4n) is 4.94. The number of hydrogen-bond acceptors (Lipinski definition) is 6. The molecule has 3 unspecified atom stereocenters. The van der Waals surface area contributed by atoms with Crippen LogP contribution in [-0.4, -0.2) is 47.0 Å². The average molecular weight is 440 g/mol. The Labute approximate surface area is 182 Å². The first kappa shape index (κ1) is 20.2. The molecule has 0 radical (unpaired) electrons. The monoisotopic (exact) mass is 440 g/mol. The van der Waals surface area contributed by atoms with E-state index in [1.165, 1.54) is 23.2 Å². The molecule has 3 aliphatic rings. The second-order valence-electron chi connectivity index (χ2n) is 8.80. The molecular weight excluding hydrogens is 419 g/mol. The van der Waals surface area contributed by atoms with Crippen LogP contribution in [0.3, 0.4) is 0 Å². The Morgan fingerprint density at radius 1 is 1.22 bits per heavy atom. The fraction of sp³-hybridized carbons (Fsp3) is 0.364. The van der Waals surface area contributed by atoms with E-state index in [0.29, 0.717) is 12.2 Å². The maximum Gasteiger partial charge on any atom is 0.267 e. The molecule has 5 rings (SSSR count). The fourth-order valence-corrected chi connectivity index (χ4v) is 4.94. The van der Waals surface area contributed by atoms with Crippen LogP contribution in [0.1, 0.15) is 34.7 Å². The van der Waals surface area contributed by atoms with Crippen LogP contribution < -0.4 is 20.5 Å². The summed E-state index contributed by atoms with van der Waals surface area (Å²) in [6.45, 7) is 4.34. The molecule has 1 saturated heterocycles. The number of anilines is 1. The molecule has 3 heterocycles. The number of likely N-dealkylation sites (tertiary alicyclic amines) is 1. The first-order chi connectivity index (χ1) is 15.2. The predicted octanol–water partition coefficient (Wildman–Crippen LogP) is 1.78. The number of carbonyl (C=O) groups is 3. The van der Waals surface area contributed by atoms with Crippen molar-refractivity contribution in [3.63, 3.8) is 0 Å². The lowest BCUT2D eigenvalue weighted by atomic mass is 9.99. The number of piperidine rings is 1. The van der Waals surface area contributed by atoms with E-state index in [2.05, 4.69) is 24.1 Å². The lowest BCUT2D eigenvalue weighted by Crippen LogP contribution is -2.47. The van der Waals surface area contributed by atoms with Gasteiger partial charge in [-0.25, -0.2) is 4.39 Å². The van der Waals surface area contributed by atoms with Crippen molar-refractivity contribution in [2.45, 2.75) is 19.9 Å². The second-order valence-corrected chi connectivity index (χ2v) is 8.80. The quantitative estimate of drug-likeness (QED) is 0.747. The molecule has 1 aromatic carbocycles. The first-order valence-corrected chi connectivity index (χ1v) is 10.2. The maximum absolute atomic E-state index is 14.0. The average Bonchev–Trinajstić information content (AvgIpc) is 3.19. The molecule has 1 aliphatic carbocycles. The third-order valence-electron chi connectivity index (χ3n) is 6.72. The summed E-state index contributed by atoms with van der Waals surface area (Å²) < 4.78 is 24.5. The van der Waals surface area contributed by atoms with E-state index in [4.69, 9.17) is 15.2 Å². The molecule has 1 saturated carbocycles. The minimum Gasteiger partial charge on any atom is -0.453 e. The SMILES string of the molecule is CC1(C)C2CN(C(=O)c3ccc(F)c4c3OCO4)C(C(=O)Nc3ccnc(C(N)=O)c3)C21. The number of hydrogen-bond donors (Lipinski definition) is 2. The van der Waals surface area contributed by atoms with Gasteiger partial charge in [-0.1, -0.05) is 13.8 Å². The number of aromatic nitrogens is 1. The van der Waals surface area contributed by atoms with Gasteiger partial charge in [-0.05, 0) is 41.5 Å². The summed E-state index contributed by atoms with van der Waals surface area (Å²) in [7, 11) is 0. The third kappa shape index (κ3) is 2.97. The molecule has 2 aliphatic heterocycles. The number of halogens is 1. The minimum absolute atomic E-state index is 0.0193. The van der Waals surface area contributed by atoms with Gasteiger partial charge in [0.15, 0.2) is 11.6 Å². The highest BCUT2D eigenvalue weighted by Gasteiger charge is 2.69. The number of rotatable bonds is 4. The highest BCUT2D eigenvalue weighted by molar-refractivity contribution is 6.04. The molecule has 10 heteroatoms. The lowest BCUT2D eigenvalue weighted by molar-refractivity contribution is -0.120. The van der Waals surface area contributed by atoms with Crippen molar-refractivity contribution in [2.75, 3.05) is 18.7 Å². The Bertz CT molecular complexity index is 1170. The third-order valence-corrected chi connectivity index (χ3v) is 6.72. The minimum atomic E-state index is -0.740. The number of carbonyl (C=O) groups excluding carboxylic acids is 3. The van der Waals surface area contributed by atoms with Crippen LogP contribution in [0.5, 0.6) is 11.5 Å². The summed E-state index contributed by atoms with van der Waals surface area (Å²) in [5.41, 5.74) is 5.69. The molecule has 9 nitrogen and oxygen atoms in total. The smallest absolute Gasteiger partial charge is 0.267 e. The van der Waals surface area contributed by atoms with Gasteiger partial charge in [0, 0.05) is 18.4 Å². The standard InChI is InChI=1S/C22H21FN4O5/c1-22(2)12-8-27(21(30)11-3-4-13(23)18-17(11)31-9-32-18)16(15(12)22)20(29)26-10-5-6-25-14(7-10)19(24)28/h3-7,12,15-16H,8-9H2,1-2H3,(H2,24,28)(H,25,26,29). The number of nitrogens with one attached hydrogen (secondary N) is 1. The van der Waals surface area contributed by atoms with Crippen molar-refractivity contribution in [3.8, 4) is 11.5 Å². The molecule has 0 spiro atoms. The van der Waals surface area contributed by atoms with Gasteiger partial charge < -0.3 is 25.4 Å². The van der Waals surface area contributed by atoms with E-state index < -0.39 is 23.7 Å². The molecule has 166 valence electrons. The van der Waals surface area contributed by atoms with Crippen LogP contribution in [-0.2, 0) is 4.79 Å². The number of amides is 3. The van der Waals surface area contributed by atoms with E-state index in [1.807, 2.05) is 0 Å². The van der Waals surface area contributed by atoms with Gasteiger partial charge in [-0.15, -0.1) is 0 Å². The molecule has 1 aromatic heterocycles. The van der Waals surface area contributed by atoms with E-state index in [9.17, 15) is 18.8 Å². The number of pyridine rings is 1. The number of fused-ring (bicyclic) bond motifs is 2.